The summed E-state index contributed by atoms with van der Waals surface area (Å²) < 4.78 is 23.4. The Labute approximate surface area is 128 Å². The summed E-state index contributed by atoms with van der Waals surface area (Å²) in [6, 6.07) is 6.97. The van der Waals surface area contributed by atoms with Gasteiger partial charge in [-0.3, -0.25) is 0 Å². The van der Waals surface area contributed by atoms with E-state index in [-0.39, 0.29) is 17.3 Å². The van der Waals surface area contributed by atoms with Crippen molar-refractivity contribution in [3.63, 3.8) is 0 Å². The molecule has 2 atom stereocenters. The lowest BCUT2D eigenvalue weighted by Crippen LogP contribution is -2.44. The molecule has 0 bridgehead atoms. The molecule has 4 heteroatoms. The van der Waals surface area contributed by atoms with Gasteiger partial charge >= 0.3 is 0 Å². The zero-order chi connectivity index (χ0) is 15.1. The molecule has 0 saturated carbocycles. The van der Waals surface area contributed by atoms with Gasteiger partial charge in [-0.2, -0.15) is 0 Å². The summed E-state index contributed by atoms with van der Waals surface area (Å²) in [5, 5.41) is 3.55. The monoisotopic (exact) mass is 307 g/mol. The van der Waals surface area contributed by atoms with E-state index in [2.05, 4.69) is 30.4 Å². The van der Waals surface area contributed by atoms with Gasteiger partial charge in [0.15, 0.2) is 9.84 Å². The maximum atomic E-state index is 11.7. The number of aryl methyl sites for hydroxylation is 2. The van der Waals surface area contributed by atoms with Crippen LogP contribution in [0.3, 0.4) is 0 Å². The van der Waals surface area contributed by atoms with Crippen LogP contribution in [0.25, 0.3) is 0 Å². The van der Waals surface area contributed by atoms with E-state index < -0.39 is 9.84 Å². The van der Waals surface area contributed by atoms with Crippen molar-refractivity contribution in [3.05, 3.63) is 34.9 Å². The molecule has 2 unspecified atom stereocenters. The summed E-state index contributed by atoms with van der Waals surface area (Å²) in [5.41, 5.74) is 3.97. The Kier molecular flexibility index (Phi) is 3.87. The maximum Gasteiger partial charge on any atom is 0.152 e. The molecule has 1 fully saturated rings. The molecule has 1 aliphatic heterocycles. The Balaban J connectivity index is 1.75. The Morgan fingerprint density at radius 3 is 2.57 bits per heavy atom. The molecule has 3 nitrogen and oxygen atoms in total. The number of rotatable bonds is 3. The summed E-state index contributed by atoms with van der Waals surface area (Å²) in [6.07, 6.45) is 5.68. The molecule has 21 heavy (non-hydrogen) atoms. The average molecular weight is 307 g/mol. The van der Waals surface area contributed by atoms with Crippen molar-refractivity contribution in [1.29, 1.82) is 0 Å². The summed E-state index contributed by atoms with van der Waals surface area (Å²) in [6.45, 7) is 4.17. The lowest BCUT2D eigenvalue weighted by molar-refractivity contribution is 0.355. The predicted octanol–water partition coefficient (Wildman–Crippen LogP) is 2.79. The maximum absolute atomic E-state index is 11.7. The first kappa shape index (κ1) is 15.0. The van der Waals surface area contributed by atoms with E-state index >= 15 is 0 Å². The van der Waals surface area contributed by atoms with Gasteiger partial charge in [0, 0.05) is 11.6 Å². The zero-order valence-electron chi connectivity index (χ0n) is 13.0. The van der Waals surface area contributed by atoms with Crippen LogP contribution >= 0.6 is 0 Å². The number of hydrogen-bond acceptors (Lipinski definition) is 3. The first-order chi connectivity index (χ1) is 9.87. The lowest BCUT2D eigenvalue weighted by atomic mass is 9.89. The summed E-state index contributed by atoms with van der Waals surface area (Å²) in [5.74, 6) is 0.572. The van der Waals surface area contributed by atoms with Crippen LogP contribution in [0.15, 0.2) is 18.2 Å². The first-order valence-electron chi connectivity index (χ1n) is 7.97. The van der Waals surface area contributed by atoms with Crippen LogP contribution in [0.5, 0.6) is 0 Å². The highest BCUT2D eigenvalue weighted by atomic mass is 32.2. The third-order valence-electron chi connectivity index (χ3n) is 4.94. The van der Waals surface area contributed by atoms with Crippen LogP contribution in [0, 0.1) is 0 Å². The van der Waals surface area contributed by atoms with Crippen molar-refractivity contribution in [2.24, 2.45) is 0 Å². The number of nitrogens with one attached hydrogen (secondary N) is 1. The van der Waals surface area contributed by atoms with Gasteiger partial charge in [-0.05, 0) is 62.6 Å². The van der Waals surface area contributed by atoms with Crippen molar-refractivity contribution >= 4 is 9.84 Å². The Morgan fingerprint density at radius 1 is 1.19 bits per heavy atom. The van der Waals surface area contributed by atoms with Gasteiger partial charge in [-0.15, -0.1) is 0 Å². The van der Waals surface area contributed by atoms with Crippen molar-refractivity contribution in [1.82, 2.24) is 5.32 Å². The Bertz CT molecular complexity index is 638. The van der Waals surface area contributed by atoms with Crippen LogP contribution in [-0.2, 0) is 22.7 Å². The molecule has 1 aromatic carbocycles. The van der Waals surface area contributed by atoms with Crippen LogP contribution in [0.2, 0.25) is 0 Å². The smallest absolute Gasteiger partial charge is 0.152 e. The van der Waals surface area contributed by atoms with E-state index in [1.54, 1.807) is 0 Å². The fourth-order valence-electron chi connectivity index (χ4n) is 3.75. The average Bonchev–Trinajstić information content (AvgIpc) is 2.71. The zero-order valence-corrected chi connectivity index (χ0v) is 13.8. The summed E-state index contributed by atoms with van der Waals surface area (Å²) in [7, 11) is -2.86. The molecule has 1 aromatic rings. The molecule has 1 N–H and O–H groups in total. The molecule has 1 saturated heterocycles. The van der Waals surface area contributed by atoms with Crippen molar-refractivity contribution < 1.29 is 8.42 Å². The van der Waals surface area contributed by atoms with Gasteiger partial charge in [0.1, 0.15) is 0 Å². The molecule has 0 aromatic heterocycles. The minimum atomic E-state index is -2.86. The number of fused-ring (bicyclic) bond motifs is 1. The van der Waals surface area contributed by atoms with Gasteiger partial charge in [-0.1, -0.05) is 18.2 Å². The van der Waals surface area contributed by atoms with E-state index in [4.69, 9.17) is 0 Å². The van der Waals surface area contributed by atoms with Crippen molar-refractivity contribution in [2.45, 2.75) is 57.5 Å². The van der Waals surface area contributed by atoms with Gasteiger partial charge < -0.3 is 5.32 Å². The second kappa shape index (κ2) is 5.40. The fraction of sp³-hybridized carbons (Fsp3) is 0.647. The van der Waals surface area contributed by atoms with Crippen LogP contribution < -0.4 is 5.32 Å². The highest BCUT2D eigenvalue weighted by molar-refractivity contribution is 7.91. The van der Waals surface area contributed by atoms with Gasteiger partial charge in [-0.25, -0.2) is 8.42 Å². The molecule has 1 heterocycles. The predicted molar refractivity (Wildman–Crippen MR) is 86.3 cm³/mol. The van der Waals surface area contributed by atoms with Crippen LogP contribution in [-0.4, -0.2) is 25.5 Å². The largest absolute Gasteiger partial charge is 0.304 e. The highest BCUT2D eigenvalue weighted by Crippen LogP contribution is 2.29. The van der Waals surface area contributed by atoms with E-state index in [0.717, 1.165) is 0 Å². The van der Waals surface area contributed by atoms with Crippen LogP contribution in [0.1, 0.15) is 55.8 Å². The summed E-state index contributed by atoms with van der Waals surface area (Å²) in [4.78, 5) is 0. The minimum absolute atomic E-state index is 0.190. The van der Waals surface area contributed by atoms with Gasteiger partial charge in [0.05, 0.1) is 11.5 Å². The molecule has 1 aliphatic carbocycles. The standard InChI is InChI=1S/C17H25NO2S/c1-13(18-17(2)9-10-21(19,20)12-17)15-8-7-14-5-3-4-6-16(14)11-15/h7-8,11,13,18H,3-6,9-10,12H2,1-2H3. The molecule has 0 spiro atoms. The normalized spacial score (nSPS) is 29.0. The first-order valence-corrected chi connectivity index (χ1v) is 9.79. The number of sulfone groups is 1. The third kappa shape index (κ3) is 3.32. The molecule has 0 amide bonds. The molecule has 2 aliphatic rings. The van der Waals surface area contributed by atoms with Crippen LogP contribution in [0.4, 0.5) is 0 Å². The van der Waals surface area contributed by atoms with E-state index in [1.165, 1.54) is 42.4 Å². The summed E-state index contributed by atoms with van der Waals surface area (Å²) >= 11 is 0. The highest BCUT2D eigenvalue weighted by Gasteiger charge is 2.39. The minimum Gasteiger partial charge on any atom is -0.304 e. The van der Waals surface area contributed by atoms with E-state index in [0.29, 0.717) is 12.2 Å². The Morgan fingerprint density at radius 2 is 1.90 bits per heavy atom. The number of hydrogen-bond donors (Lipinski definition) is 1. The van der Waals surface area contributed by atoms with E-state index in [9.17, 15) is 8.42 Å². The third-order valence-corrected chi connectivity index (χ3v) is 6.84. The second-order valence-electron chi connectivity index (χ2n) is 7.00. The molecule has 3 rings (SSSR count). The lowest BCUT2D eigenvalue weighted by Gasteiger charge is -2.29. The molecule has 0 radical (unpaired) electrons. The van der Waals surface area contributed by atoms with Gasteiger partial charge in [0.2, 0.25) is 0 Å². The van der Waals surface area contributed by atoms with Crippen molar-refractivity contribution in [3.8, 4) is 0 Å². The van der Waals surface area contributed by atoms with Crippen molar-refractivity contribution in [2.75, 3.05) is 11.5 Å². The topological polar surface area (TPSA) is 46.2 Å². The molecular formula is C17H25NO2S. The molecular weight excluding hydrogens is 282 g/mol. The number of benzene rings is 1. The fourth-order valence-corrected chi connectivity index (χ4v) is 5.86. The van der Waals surface area contributed by atoms with Gasteiger partial charge in [0.25, 0.3) is 0 Å². The second-order valence-corrected chi connectivity index (χ2v) is 9.19. The SMILES string of the molecule is CC(NC1(C)CCS(=O)(=O)C1)c1ccc2c(c1)CCCC2. The Hall–Kier alpha value is -0.870. The quantitative estimate of drug-likeness (QED) is 0.934. The van der Waals surface area contributed by atoms with E-state index in [1.807, 2.05) is 6.92 Å². The molecule has 116 valence electrons.